The number of nitrogen functional groups attached to an aromatic ring is 1. The van der Waals surface area contributed by atoms with E-state index in [1.165, 1.54) is 51.9 Å². The van der Waals surface area contributed by atoms with Gasteiger partial charge >= 0.3 is 19.5 Å². The minimum atomic E-state index is -5.70. The maximum absolute atomic E-state index is 14.1. The number of benzene rings is 3. The number of hydrogen-bond donors (Lipinski definition) is 14. The number of fused-ring (bicyclic) bond motifs is 2. The van der Waals surface area contributed by atoms with E-state index >= 15 is 0 Å². The number of nitrogens with one attached hydrogen (secondary N) is 4. The van der Waals surface area contributed by atoms with Crippen molar-refractivity contribution in [1.29, 1.82) is 0 Å². The number of piperazine rings is 1. The summed E-state index contributed by atoms with van der Waals surface area (Å²) in [4.78, 5) is 132. The number of aromatic nitrogens is 2. The average Bonchev–Trinajstić information content (AvgIpc) is 1.34. The summed E-state index contributed by atoms with van der Waals surface area (Å²) in [5, 5.41) is 93.9. The summed E-state index contributed by atoms with van der Waals surface area (Å²) in [6, 6.07) is 15.4. The van der Waals surface area contributed by atoms with Crippen LogP contribution in [0.4, 0.5) is 5.82 Å². The third-order valence-corrected chi connectivity index (χ3v) is 18.5. The van der Waals surface area contributed by atoms with E-state index in [1.54, 1.807) is 46.2 Å². The fourth-order valence-electron chi connectivity index (χ4n) is 10.4. The van der Waals surface area contributed by atoms with Crippen molar-refractivity contribution < 1.29 is 112 Å². The van der Waals surface area contributed by atoms with Crippen LogP contribution in [0, 0.1) is 0 Å². The van der Waals surface area contributed by atoms with Gasteiger partial charge in [0.2, 0.25) is 29.5 Å². The molecule has 1 aromatic heterocycles. The standard InChI is InChI=1S/C57H70N9O25PS2/c58-41-12-15-66(56(83)62-41)54-51(79)50(78)40(89-54)27-87-92(84,85)91-57(55(81)82)24-36(70)48(52(90-57)49(77)37(71)26-67)63-44(74)25-61-43(73)7-3-6-42(72)59-13-20-93-94-21-14-60-45(75)28-86-29-46(76)64-16-18-65(19-17-64)53(80)33-5-2-1-4-32(33)47-34-10-8-30(68)22-38(34)88-39-23-31(69)9-11-35(39)47/h1-2,4-5,8-12,15,22-23,36-37,40,48-52,54,67-68,70-71,77-79H,3,6-7,13-14,16-21,24-29H2,(H,59,72)(H,60,75)(H,61,73)(H,63,74)(H,81,82)(H,84,85)(H2,58,62,83). The minimum absolute atomic E-state index is 0.0323. The summed E-state index contributed by atoms with van der Waals surface area (Å²) in [5.41, 5.74) is 6.80. The van der Waals surface area contributed by atoms with Crippen LogP contribution < -0.4 is 38.1 Å². The zero-order valence-corrected chi connectivity index (χ0v) is 52.4. The highest BCUT2D eigenvalue weighted by Gasteiger charge is 2.59. The lowest BCUT2D eigenvalue weighted by atomic mass is 9.88. The van der Waals surface area contributed by atoms with E-state index in [9.17, 15) is 93.5 Å². The number of phosphoric ester groups is 1. The molecule has 11 unspecified atom stereocenters. The monoisotopic (exact) mass is 1380 g/mol. The number of carbonyl (C=O) groups is 7. The van der Waals surface area contributed by atoms with Crippen molar-refractivity contribution in [3.63, 3.8) is 0 Å². The largest absolute Gasteiger partial charge is 0.508 e. The lowest BCUT2D eigenvalue weighted by molar-refractivity contribution is -0.289. The number of aromatic hydroxyl groups is 1. The Bertz CT molecular complexity index is 3690. The van der Waals surface area contributed by atoms with Crippen molar-refractivity contribution in [2.24, 2.45) is 0 Å². The number of carboxylic acids is 1. The highest BCUT2D eigenvalue weighted by Crippen LogP contribution is 2.52. The molecule has 15 N–H and O–H groups in total. The number of ether oxygens (including phenoxy) is 3. The Hall–Kier alpha value is -7.65. The maximum atomic E-state index is 14.1. The van der Waals surface area contributed by atoms with Crippen LogP contribution in [0.1, 0.15) is 42.3 Å². The molecule has 34 nitrogen and oxygen atoms in total. The predicted molar refractivity (Wildman–Crippen MR) is 330 cm³/mol. The fraction of sp³-hybridized carbons (Fsp3) is 0.474. The Labute approximate surface area is 541 Å². The highest BCUT2D eigenvalue weighted by atomic mass is 33.1. The first-order valence-corrected chi connectivity index (χ1v) is 33.1. The van der Waals surface area contributed by atoms with Crippen LogP contribution in [-0.2, 0) is 56.6 Å². The van der Waals surface area contributed by atoms with Crippen LogP contribution in [0.3, 0.4) is 0 Å². The van der Waals surface area contributed by atoms with Crippen LogP contribution in [0.15, 0.2) is 86.9 Å². The number of anilines is 1. The van der Waals surface area contributed by atoms with Gasteiger partial charge in [-0.15, -0.1) is 0 Å². The van der Waals surface area contributed by atoms with Gasteiger partial charge in [-0.3, -0.25) is 42.7 Å². The number of nitrogens with two attached hydrogens (primary N) is 1. The number of amides is 6. The van der Waals surface area contributed by atoms with Crippen molar-refractivity contribution >= 4 is 87.6 Å². The number of phenols is 1. The quantitative estimate of drug-likeness (QED) is 0.00955. The van der Waals surface area contributed by atoms with Crippen LogP contribution in [0.5, 0.6) is 5.75 Å². The van der Waals surface area contributed by atoms with Crippen molar-refractivity contribution in [1.82, 2.24) is 40.6 Å². The van der Waals surface area contributed by atoms with Crippen molar-refractivity contribution in [2.75, 3.05) is 89.5 Å². The summed E-state index contributed by atoms with van der Waals surface area (Å²) in [6.07, 6.45) is -16.2. The number of rotatable bonds is 30. The molecular formula is C57H70N9O25PS2. The Balaban J connectivity index is 0.671. The normalized spacial score (nSPS) is 22.6. The first kappa shape index (κ1) is 72.2. The van der Waals surface area contributed by atoms with Gasteiger partial charge < -0.3 is 101 Å². The van der Waals surface area contributed by atoms with Crippen molar-refractivity contribution in [3.05, 3.63) is 99.2 Å². The Morgan fingerprint density at radius 2 is 1.51 bits per heavy atom. The van der Waals surface area contributed by atoms with Crippen LogP contribution in [0.25, 0.3) is 33.4 Å². The van der Waals surface area contributed by atoms with Gasteiger partial charge in [0.05, 0.1) is 31.9 Å². The molecule has 11 atom stereocenters. The van der Waals surface area contributed by atoms with Gasteiger partial charge in [-0.05, 0) is 48.4 Å². The molecule has 94 heavy (non-hydrogen) atoms. The summed E-state index contributed by atoms with van der Waals surface area (Å²) >= 11 is 0. The van der Waals surface area contributed by atoms with E-state index in [0.717, 1.165) is 10.8 Å². The molecule has 1 aliphatic carbocycles. The summed E-state index contributed by atoms with van der Waals surface area (Å²) in [6.45, 7) is -2.29. The van der Waals surface area contributed by atoms with E-state index in [-0.39, 0.29) is 106 Å². The number of aliphatic carboxylic acids is 1. The van der Waals surface area contributed by atoms with E-state index in [1.807, 2.05) is 0 Å². The zero-order chi connectivity index (χ0) is 68.0. The van der Waals surface area contributed by atoms with Crippen LogP contribution >= 0.6 is 29.4 Å². The third kappa shape index (κ3) is 18.4. The number of aliphatic hydroxyl groups is 6. The lowest BCUT2D eigenvalue weighted by Gasteiger charge is -2.46. The zero-order valence-electron chi connectivity index (χ0n) is 49.8. The second-order valence-corrected chi connectivity index (χ2v) is 25.8. The number of carboxylic acid groups (broad SMARTS) is 1. The molecule has 3 fully saturated rings. The van der Waals surface area contributed by atoms with Crippen LogP contribution in [0.2, 0.25) is 0 Å². The van der Waals surface area contributed by atoms with E-state index < -0.39 is 124 Å². The van der Waals surface area contributed by atoms with Gasteiger partial charge in [-0.1, -0.05) is 39.8 Å². The molecule has 3 aromatic rings. The molecule has 6 amide bonds. The van der Waals surface area contributed by atoms with E-state index in [2.05, 4.69) is 26.3 Å². The van der Waals surface area contributed by atoms with Gasteiger partial charge in [0.25, 0.3) is 11.7 Å². The summed E-state index contributed by atoms with van der Waals surface area (Å²) in [5.74, 6) is -7.68. The van der Waals surface area contributed by atoms with Gasteiger partial charge in [-0.25, -0.2) is 18.7 Å². The molecular weight excluding hydrogens is 1310 g/mol. The first-order valence-electron chi connectivity index (χ1n) is 29.2. The molecule has 2 aromatic carbocycles. The Morgan fingerprint density at radius 1 is 0.830 bits per heavy atom. The second kappa shape index (κ2) is 32.7. The minimum Gasteiger partial charge on any atom is -0.508 e. The predicted octanol–water partition coefficient (Wildman–Crippen LogP) is -2.81. The van der Waals surface area contributed by atoms with Crippen molar-refractivity contribution in [3.8, 4) is 28.2 Å². The number of nitrogens with zero attached hydrogens (tertiary/aromatic N) is 4. The number of carbonyl (C=O) groups excluding carboxylic acids is 6. The van der Waals surface area contributed by atoms with Crippen molar-refractivity contribution in [2.45, 2.75) is 86.5 Å². The smallest absolute Gasteiger partial charge is 0.475 e. The topological polar surface area (TPSA) is 511 Å². The molecule has 0 bridgehead atoms. The van der Waals surface area contributed by atoms with Crippen LogP contribution in [-0.4, -0.2) is 245 Å². The number of phenolic OH excluding ortho intramolecular Hbond substituents is 1. The lowest BCUT2D eigenvalue weighted by Crippen LogP contribution is -2.68. The number of phosphoric acid groups is 1. The molecule has 0 radical (unpaired) electrons. The molecule has 0 saturated carbocycles. The molecule has 5 aliphatic rings. The average molecular weight is 1380 g/mol. The van der Waals surface area contributed by atoms with E-state index in [4.69, 9.17) is 33.4 Å². The van der Waals surface area contributed by atoms with Gasteiger partial charge in [0.15, 0.2) is 11.7 Å². The highest BCUT2D eigenvalue weighted by molar-refractivity contribution is 8.76. The molecule has 5 heterocycles. The third-order valence-electron chi connectivity index (χ3n) is 15.1. The molecule has 0 spiro atoms. The molecule has 3 saturated heterocycles. The number of aliphatic hydroxyl groups excluding tert-OH is 6. The fourth-order valence-corrected chi connectivity index (χ4v) is 13.2. The van der Waals surface area contributed by atoms with Gasteiger partial charge in [0.1, 0.15) is 72.7 Å². The molecule has 37 heteroatoms. The first-order chi connectivity index (χ1) is 44.8. The molecule has 510 valence electrons. The summed E-state index contributed by atoms with van der Waals surface area (Å²) < 4.78 is 45.9. The molecule has 8 rings (SSSR count). The SMILES string of the molecule is Nc1ccn(C2OC(COP(=O)(O)OC3(C(=O)O)CC(O)C(NC(=O)CNC(=O)CCCC(=O)NCCSSCCNC(=O)COCC(=O)N4CCN(C(=O)c5ccccc5-c5c6ccc(=O)cc-6oc6cc(O)ccc56)CC4)C(C(O)C(O)CO)O3)C(O)C2O)c(=O)n1. The second-order valence-electron chi connectivity index (χ2n) is 21.7. The Kier molecular flexibility index (Phi) is 25.1. The van der Waals surface area contributed by atoms with E-state index in [0.29, 0.717) is 50.5 Å². The maximum Gasteiger partial charge on any atom is 0.475 e. The van der Waals surface area contributed by atoms with Gasteiger partial charge in [-0.2, -0.15) is 4.98 Å². The number of hydrogen-bond acceptors (Lipinski definition) is 27. The Morgan fingerprint density at radius 3 is 2.20 bits per heavy atom. The molecule has 4 aliphatic heterocycles. The van der Waals surface area contributed by atoms with Gasteiger partial charge in [0, 0.05) is 110 Å². The summed E-state index contributed by atoms with van der Waals surface area (Å²) in [7, 11) is -2.85.